The fraction of sp³-hybridized carbons (Fsp3) is 0.750. The van der Waals surface area contributed by atoms with E-state index < -0.39 is 8.32 Å². The van der Waals surface area contributed by atoms with E-state index in [1.54, 1.807) is 0 Å². The highest BCUT2D eigenvalue weighted by atomic mass is 28.4. The molecule has 0 aromatic rings. The second-order valence-corrected chi connectivity index (χ2v) is 12.1. The largest absolute Gasteiger partial charge is 0.406 e. The van der Waals surface area contributed by atoms with Gasteiger partial charge in [-0.25, -0.2) is 0 Å². The van der Waals surface area contributed by atoms with E-state index in [4.69, 9.17) is 4.43 Å². The molecule has 0 aromatic carbocycles. The van der Waals surface area contributed by atoms with Gasteiger partial charge in [0.15, 0.2) is 8.32 Å². The molecule has 100 valence electrons. The predicted octanol–water partition coefficient (Wildman–Crippen LogP) is 4.22. The molecule has 0 spiro atoms. The third-order valence-electron chi connectivity index (χ3n) is 4.88. The summed E-state index contributed by atoms with van der Waals surface area (Å²) in [6.07, 6.45) is 7.34. The molecule has 18 heavy (non-hydrogen) atoms. The van der Waals surface area contributed by atoms with E-state index >= 15 is 0 Å². The lowest BCUT2D eigenvalue weighted by Crippen LogP contribution is -2.40. The van der Waals surface area contributed by atoms with E-state index in [1.165, 1.54) is 12.8 Å². The Balaban J connectivity index is 1.81. The van der Waals surface area contributed by atoms with Crippen molar-refractivity contribution in [2.45, 2.75) is 51.7 Å². The van der Waals surface area contributed by atoms with E-state index in [9.17, 15) is 0 Å². The van der Waals surface area contributed by atoms with Crippen LogP contribution in [0.5, 0.6) is 0 Å². The van der Waals surface area contributed by atoms with Gasteiger partial charge < -0.3 is 4.43 Å². The Morgan fingerprint density at radius 1 is 1.22 bits per heavy atom. The van der Waals surface area contributed by atoms with Crippen LogP contribution in [0.25, 0.3) is 0 Å². The van der Waals surface area contributed by atoms with Gasteiger partial charge in [0, 0.05) is 5.92 Å². The monoisotopic (exact) mass is 262 g/mol. The Hall–Kier alpha value is -0.523. The van der Waals surface area contributed by atoms with Crippen LogP contribution in [0.15, 0.2) is 12.2 Å². The lowest BCUT2D eigenvalue weighted by Gasteiger charge is -2.35. The van der Waals surface area contributed by atoms with Crippen molar-refractivity contribution >= 4 is 8.32 Å². The van der Waals surface area contributed by atoms with Crippen LogP contribution in [-0.2, 0) is 4.43 Å². The molecule has 0 N–H and O–H groups in total. The fourth-order valence-electron chi connectivity index (χ4n) is 2.55. The summed E-state index contributed by atoms with van der Waals surface area (Å²) in [6.45, 7) is 12.0. The standard InChI is InChI=1S/C16H26OSi/c1-16(2,3)18(4,5)17-10-6-7-14-11-13-8-9-15(14)12-13/h8-9,13-15H,10-12H2,1-5H3. The van der Waals surface area contributed by atoms with Crippen molar-refractivity contribution < 1.29 is 4.43 Å². The van der Waals surface area contributed by atoms with Crippen molar-refractivity contribution in [1.29, 1.82) is 0 Å². The van der Waals surface area contributed by atoms with Crippen molar-refractivity contribution in [3.63, 3.8) is 0 Å². The first-order valence-corrected chi connectivity index (χ1v) is 10.0. The van der Waals surface area contributed by atoms with Gasteiger partial charge in [-0.05, 0) is 42.8 Å². The summed E-state index contributed by atoms with van der Waals surface area (Å²) >= 11 is 0. The smallest absolute Gasteiger partial charge is 0.193 e. The molecule has 3 unspecified atom stereocenters. The number of fused-ring (bicyclic) bond motifs is 2. The van der Waals surface area contributed by atoms with Crippen LogP contribution in [0.4, 0.5) is 0 Å². The molecule has 1 fully saturated rings. The lowest BCUT2D eigenvalue weighted by molar-refractivity contribution is 0.334. The number of allylic oxidation sites excluding steroid dienone is 2. The summed E-state index contributed by atoms with van der Waals surface area (Å²) in [7, 11) is -1.61. The fourth-order valence-corrected chi connectivity index (χ4v) is 3.42. The first-order chi connectivity index (χ1) is 8.29. The Kier molecular flexibility index (Phi) is 3.76. The van der Waals surface area contributed by atoms with Gasteiger partial charge in [-0.1, -0.05) is 44.8 Å². The summed E-state index contributed by atoms with van der Waals surface area (Å²) in [4.78, 5) is 0. The molecule has 2 heteroatoms. The zero-order chi connectivity index (χ0) is 13.4. The van der Waals surface area contributed by atoms with Gasteiger partial charge in [-0.3, -0.25) is 0 Å². The van der Waals surface area contributed by atoms with Gasteiger partial charge in [0.25, 0.3) is 0 Å². The van der Waals surface area contributed by atoms with Gasteiger partial charge in [0.2, 0.25) is 0 Å². The van der Waals surface area contributed by atoms with Crippen molar-refractivity contribution in [2.75, 3.05) is 6.61 Å². The molecule has 0 aliphatic heterocycles. The summed E-state index contributed by atoms with van der Waals surface area (Å²) in [6, 6.07) is 0. The van der Waals surface area contributed by atoms with Crippen LogP contribution in [0.3, 0.4) is 0 Å². The van der Waals surface area contributed by atoms with Crippen LogP contribution in [0.2, 0.25) is 18.1 Å². The van der Waals surface area contributed by atoms with E-state index in [-0.39, 0.29) is 5.04 Å². The third kappa shape index (κ3) is 2.89. The second kappa shape index (κ2) is 4.87. The van der Waals surface area contributed by atoms with Gasteiger partial charge in [-0.15, -0.1) is 0 Å². The second-order valence-electron chi connectivity index (χ2n) is 7.26. The quantitative estimate of drug-likeness (QED) is 0.411. The minimum Gasteiger partial charge on any atom is -0.406 e. The molecule has 2 bridgehead atoms. The molecule has 0 saturated heterocycles. The highest BCUT2D eigenvalue weighted by molar-refractivity contribution is 6.74. The average molecular weight is 262 g/mol. The van der Waals surface area contributed by atoms with Gasteiger partial charge in [0.1, 0.15) is 0 Å². The summed E-state index contributed by atoms with van der Waals surface area (Å²) < 4.78 is 6.08. The maximum atomic E-state index is 6.08. The third-order valence-corrected chi connectivity index (χ3v) is 9.36. The van der Waals surface area contributed by atoms with Crippen molar-refractivity contribution in [2.24, 2.45) is 17.8 Å². The minimum absolute atomic E-state index is 0.282. The molecule has 2 rings (SSSR count). The van der Waals surface area contributed by atoms with Crippen LogP contribution in [-0.4, -0.2) is 14.9 Å². The predicted molar refractivity (Wildman–Crippen MR) is 79.8 cm³/mol. The maximum Gasteiger partial charge on any atom is 0.193 e. The van der Waals surface area contributed by atoms with Crippen molar-refractivity contribution in [1.82, 2.24) is 0 Å². The van der Waals surface area contributed by atoms with Gasteiger partial charge >= 0.3 is 0 Å². The van der Waals surface area contributed by atoms with Crippen LogP contribution >= 0.6 is 0 Å². The zero-order valence-corrected chi connectivity index (χ0v) is 13.4. The normalized spacial score (nSPS) is 30.4. The molecule has 0 aromatic heterocycles. The topological polar surface area (TPSA) is 9.23 Å². The van der Waals surface area contributed by atoms with E-state index in [2.05, 4.69) is 57.9 Å². The summed E-state index contributed by atoms with van der Waals surface area (Å²) in [5.74, 6) is 8.85. The Labute approximate surface area is 113 Å². The first-order valence-electron chi connectivity index (χ1n) is 7.10. The van der Waals surface area contributed by atoms with Crippen LogP contribution in [0, 0.1) is 29.6 Å². The number of hydrogen-bond acceptors (Lipinski definition) is 1. The molecular formula is C16H26OSi. The lowest BCUT2D eigenvalue weighted by atomic mass is 9.94. The Morgan fingerprint density at radius 3 is 2.44 bits per heavy atom. The molecule has 3 atom stereocenters. The maximum absolute atomic E-state index is 6.08. The number of rotatable bonds is 2. The van der Waals surface area contributed by atoms with Crippen LogP contribution in [0.1, 0.15) is 33.6 Å². The van der Waals surface area contributed by atoms with E-state index in [0.717, 1.165) is 11.8 Å². The summed E-state index contributed by atoms with van der Waals surface area (Å²) in [5, 5.41) is 0.282. The Bertz CT molecular complexity index is 392. The molecule has 2 aliphatic carbocycles. The van der Waals surface area contributed by atoms with Crippen molar-refractivity contribution in [3.8, 4) is 11.8 Å². The van der Waals surface area contributed by atoms with E-state index in [0.29, 0.717) is 12.5 Å². The van der Waals surface area contributed by atoms with Crippen molar-refractivity contribution in [3.05, 3.63) is 12.2 Å². The average Bonchev–Trinajstić information content (AvgIpc) is 2.84. The molecule has 1 nitrogen and oxygen atoms in total. The SMILES string of the molecule is CC(C)(C)[Si](C)(C)OCC#CC1CC2C=CC1C2. The highest BCUT2D eigenvalue weighted by Crippen LogP contribution is 2.43. The highest BCUT2D eigenvalue weighted by Gasteiger charge is 2.37. The molecule has 0 heterocycles. The summed E-state index contributed by atoms with van der Waals surface area (Å²) in [5.41, 5.74) is 0. The molecule has 0 radical (unpaired) electrons. The molecule has 0 amide bonds. The Morgan fingerprint density at radius 2 is 1.94 bits per heavy atom. The molecule has 1 saturated carbocycles. The first kappa shape index (κ1) is 13.9. The number of hydrogen-bond donors (Lipinski definition) is 0. The minimum atomic E-state index is -1.61. The van der Waals surface area contributed by atoms with Crippen LogP contribution < -0.4 is 0 Å². The van der Waals surface area contributed by atoms with E-state index in [1.807, 2.05) is 0 Å². The van der Waals surface area contributed by atoms with Gasteiger partial charge in [-0.2, -0.15) is 0 Å². The van der Waals surface area contributed by atoms with Gasteiger partial charge in [0.05, 0.1) is 6.61 Å². The molecule has 2 aliphatic rings. The zero-order valence-electron chi connectivity index (χ0n) is 12.4. The molecular weight excluding hydrogens is 236 g/mol.